The fourth-order valence-electron chi connectivity index (χ4n) is 4.83. The summed E-state index contributed by atoms with van der Waals surface area (Å²) < 4.78 is 0. The van der Waals surface area contributed by atoms with Gasteiger partial charge in [0.2, 0.25) is 0 Å². The molecule has 0 bridgehead atoms. The predicted molar refractivity (Wildman–Crippen MR) is 110 cm³/mol. The van der Waals surface area contributed by atoms with Crippen LogP contribution in [-0.2, 0) is 0 Å². The van der Waals surface area contributed by atoms with Crippen LogP contribution in [0.5, 0.6) is 0 Å². The Bertz CT molecular complexity index is 770. The van der Waals surface area contributed by atoms with Crippen molar-refractivity contribution in [1.29, 1.82) is 0 Å². The lowest BCUT2D eigenvalue weighted by Crippen LogP contribution is -2.16. The Morgan fingerprint density at radius 1 is 1.19 bits per heavy atom. The van der Waals surface area contributed by atoms with Crippen LogP contribution in [-0.4, -0.2) is 29.5 Å². The lowest BCUT2D eigenvalue weighted by atomic mass is 9.70. The van der Waals surface area contributed by atoms with Crippen LogP contribution < -0.4 is 0 Å². The van der Waals surface area contributed by atoms with Crippen LogP contribution in [0.15, 0.2) is 28.5 Å². The zero-order valence-electron chi connectivity index (χ0n) is 16.3. The third-order valence-electron chi connectivity index (χ3n) is 6.21. The maximum absolute atomic E-state index is 4.82. The first-order chi connectivity index (χ1) is 12.7. The summed E-state index contributed by atoms with van der Waals surface area (Å²) >= 11 is 0. The van der Waals surface area contributed by atoms with Gasteiger partial charge in [-0.3, -0.25) is 4.99 Å². The summed E-state index contributed by atoms with van der Waals surface area (Å²) in [5.74, 6) is 1.51. The van der Waals surface area contributed by atoms with Crippen molar-refractivity contribution in [1.82, 2.24) is 9.97 Å². The molecule has 0 saturated carbocycles. The van der Waals surface area contributed by atoms with Gasteiger partial charge < -0.3 is 0 Å². The fraction of sp³-hybridized carbons (Fsp3) is 0.591. The standard InChI is InChI=1S/C22H29BN3/c1-4-17-19(18-10-14(2)12-24-15(18)3)11-20-21(17)22(26-13-25-20)16-6-5-8-23-9-7-16/h10-11,13-14,16-17H,4-9,12H2,1-3H3/t14-,16?,17-/m0/s1. The van der Waals surface area contributed by atoms with Gasteiger partial charge in [0.15, 0.2) is 0 Å². The summed E-state index contributed by atoms with van der Waals surface area (Å²) in [6.07, 6.45) is 13.9. The summed E-state index contributed by atoms with van der Waals surface area (Å²) in [5, 5.41) is 0. The number of fused-ring (bicyclic) bond motifs is 1. The molecule has 135 valence electrons. The lowest BCUT2D eigenvalue weighted by molar-refractivity contribution is 0.578. The van der Waals surface area contributed by atoms with E-state index in [9.17, 15) is 0 Å². The maximum Gasteiger partial charge on any atom is 0.116 e. The molecule has 1 radical (unpaired) electrons. The third kappa shape index (κ3) is 3.19. The molecule has 1 saturated heterocycles. The molecule has 0 spiro atoms. The SMILES string of the molecule is CC[C@H]1C(C2=C[C@H](C)CN=C2C)=Cc2ncnc(C3CC[B]CCC3)c21. The second kappa shape index (κ2) is 7.50. The Morgan fingerprint density at radius 3 is 2.92 bits per heavy atom. The topological polar surface area (TPSA) is 38.1 Å². The van der Waals surface area contributed by atoms with E-state index in [1.165, 1.54) is 60.0 Å². The molecule has 0 amide bonds. The molecule has 4 rings (SSSR count). The Morgan fingerprint density at radius 2 is 2.08 bits per heavy atom. The number of rotatable bonds is 3. The number of hydrogen-bond donors (Lipinski definition) is 0. The Kier molecular flexibility index (Phi) is 5.10. The van der Waals surface area contributed by atoms with Crippen molar-refractivity contribution < 1.29 is 0 Å². The number of aliphatic imine (C=N–C) groups is 1. The summed E-state index contributed by atoms with van der Waals surface area (Å²) in [4.78, 5) is 14.2. The average Bonchev–Trinajstić information content (AvgIpc) is 2.82. The molecule has 1 aromatic rings. The highest BCUT2D eigenvalue weighted by Gasteiger charge is 2.33. The van der Waals surface area contributed by atoms with Crippen molar-refractivity contribution in [3.63, 3.8) is 0 Å². The van der Waals surface area contributed by atoms with Crippen molar-refractivity contribution >= 4 is 19.1 Å². The van der Waals surface area contributed by atoms with Gasteiger partial charge in [-0.1, -0.05) is 45.4 Å². The molecule has 26 heavy (non-hydrogen) atoms. The lowest BCUT2D eigenvalue weighted by Gasteiger charge is -2.24. The molecule has 2 aliphatic heterocycles. The van der Waals surface area contributed by atoms with Crippen LogP contribution in [0.25, 0.3) is 6.08 Å². The van der Waals surface area contributed by atoms with Crippen LogP contribution in [0.2, 0.25) is 12.6 Å². The van der Waals surface area contributed by atoms with E-state index in [2.05, 4.69) is 45.2 Å². The second-order valence-corrected chi connectivity index (χ2v) is 8.10. The summed E-state index contributed by atoms with van der Waals surface area (Å²) in [6.45, 7) is 7.62. The predicted octanol–water partition coefficient (Wildman–Crippen LogP) is 5.21. The molecule has 3 nitrogen and oxygen atoms in total. The van der Waals surface area contributed by atoms with E-state index >= 15 is 0 Å². The summed E-state index contributed by atoms with van der Waals surface area (Å²) in [7, 11) is 2.45. The van der Waals surface area contributed by atoms with E-state index in [-0.39, 0.29) is 0 Å². The monoisotopic (exact) mass is 346 g/mol. The van der Waals surface area contributed by atoms with Crippen molar-refractivity contribution in [3.8, 4) is 0 Å². The molecule has 1 fully saturated rings. The largest absolute Gasteiger partial charge is 0.289 e. The van der Waals surface area contributed by atoms with E-state index in [0.717, 1.165) is 18.7 Å². The van der Waals surface area contributed by atoms with Gasteiger partial charge in [-0.15, -0.1) is 0 Å². The van der Waals surface area contributed by atoms with Crippen LogP contribution in [0, 0.1) is 5.92 Å². The first kappa shape index (κ1) is 17.7. The van der Waals surface area contributed by atoms with Gasteiger partial charge in [0.05, 0.1) is 11.4 Å². The maximum atomic E-state index is 4.82. The van der Waals surface area contributed by atoms with Gasteiger partial charge in [-0.2, -0.15) is 0 Å². The van der Waals surface area contributed by atoms with Crippen LogP contribution >= 0.6 is 0 Å². The number of nitrogens with zero attached hydrogens (tertiary/aromatic N) is 3. The molecule has 1 aliphatic carbocycles. The van der Waals surface area contributed by atoms with Crippen LogP contribution in [0.4, 0.5) is 0 Å². The average molecular weight is 346 g/mol. The molecule has 1 unspecified atom stereocenters. The van der Waals surface area contributed by atoms with E-state index in [0.29, 0.717) is 17.8 Å². The smallest absolute Gasteiger partial charge is 0.116 e. The number of dihydropyridines is 1. The van der Waals surface area contributed by atoms with Gasteiger partial charge in [-0.05, 0) is 42.9 Å². The van der Waals surface area contributed by atoms with Crippen molar-refractivity contribution in [2.75, 3.05) is 6.54 Å². The normalized spacial score (nSPS) is 28.4. The quantitative estimate of drug-likeness (QED) is 0.705. The Labute approximate surface area is 158 Å². The first-order valence-electron chi connectivity index (χ1n) is 10.3. The highest BCUT2D eigenvalue weighted by atomic mass is 14.9. The van der Waals surface area contributed by atoms with Gasteiger partial charge in [0, 0.05) is 29.7 Å². The fourth-order valence-corrected chi connectivity index (χ4v) is 4.83. The highest BCUT2D eigenvalue weighted by Crippen LogP contribution is 2.46. The number of hydrogen-bond acceptors (Lipinski definition) is 3. The number of allylic oxidation sites excluding steroid dienone is 2. The molecule has 3 atom stereocenters. The van der Waals surface area contributed by atoms with E-state index in [1.807, 2.05) is 0 Å². The van der Waals surface area contributed by atoms with Gasteiger partial charge in [0.1, 0.15) is 13.6 Å². The Balaban J connectivity index is 1.73. The minimum Gasteiger partial charge on any atom is -0.289 e. The van der Waals surface area contributed by atoms with Crippen molar-refractivity contribution in [2.45, 2.75) is 70.9 Å². The zero-order valence-corrected chi connectivity index (χ0v) is 16.3. The second-order valence-electron chi connectivity index (χ2n) is 8.10. The van der Waals surface area contributed by atoms with Crippen molar-refractivity contribution in [3.05, 3.63) is 40.5 Å². The third-order valence-corrected chi connectivity index (χ3v) is 6.21. The van der Waals surface area contributed by atoms with E-state index in [1.54, 1.807) is 6.33 Å². The molecule has 4 heteroatoms. The minimum absolute atomic E-state index is 0.412. The molecule has 3 heterocycles. The van der Waals surface area contributed by atoms with Crippen LogP contribution in [0.1, 0.15) is 75.2 Å². The van der Waals surface area contributed by atoms with E-state index < -0.39 is 0 Å². The highest BCUT2D eigenvalue weighted by molar-refractivity contribution is 6.35. The summed E-state index contributed by atoms with van der Waals surface area (Å²) in [5.41, 5.74) is 7.81. The minimum atomic E-state index is 0.412. The van der Waals surface area contributed by atoms with Crippen LogP contribution in [0.3, 0.4) is 0 Å². The molecular weight excluding hydrogens is 317 g/mol. The Hall–Kier alpha value is -1.71. The summed E-state index contributed by atoms with van der Waals surface area (Å²) in [6, 6.07) is 0. The molecule has 0 aromatic carbocycles. The van der Waals surface area contributed by atoms with Crippen molar-refractivity contribution in [2.24, 2.45) is 10.9 Å². The van der Waals surface area contributed by atoms with Gasteiger partial charge in [0.25, 0.3) is 0 Å². The van der Waals surface area contributed by atoms with E-state index in [4.69, 9.17) is 9.98 Å². The zero-order chi connectivity index (χ0) is 18.1. The van der Waals surface area contributed by atoms with Gasteiger partial charge in [-0.25, -0.2) is 9.97 Å². The number of aromatic nitrogens is 2. The molecule has 1 aromatic heterocycles. The molecule has 3 aliphatic rings. The first-order valence-corrected chi connectivity index (χ1v) is 10.3. The molecular formula is C22H29BN3. The van der Waals surface area contributed by atoms with Gasteiger partial charge >= 0.3 is 0 Å². The molecule has 0 N–H and O–H groups in total.